The van der Waals surface area contributed by atoms with Gasteiger partial charge in [-0.05, 0) is 26.6 Å². The Hall–Kier alpha value is -1.34. The zero-order valence-electron chi connectivity index (χ0n) is 13.0. The third-order valence-corrected chi connectivity index (χ3v) is 4.68. The number of pyridine rings is 1. The molecule has 3 heterocycles. The molecule has 2 aromatic rings. The van der Waals surface area contributed by atoms with Crippen LogP contribution in [0.5, 0.6) is 0 Å². The van der Waals surface area contributed by atoms with Gasteiger partial charge in [-0.2, -0.15) is 0 Å². The molecular weight excluding hydrogens is 296 g/mol. The average Bonchev–Trinajstić information content (AvgIpc) is 3.14. The normalized spacial score (nSPS) is 21.6. The molecule has 6 heteroatoms. The van der Waals surface area contributed by atoms with E-state index in [0.29, 0.717) is 6.04 Å². The molecule has 1 aliphatic rings. The SMILES string of the molecule is CN(C)Cc1cnc(CN[C@H]2CCO[C@@H]2c2cccnc2)s1. The molecule has 2 aromatic heterocycles. The summed E-state index contributed by atoms with van der Waals surface area (Å²) in [6.07, 6.45) is 6.78. The highest BCUT2D eigenvalue weighted by Gasteiger charge is 2.29. The molecule has 2 atom stereocenters. The van der Waals surface area contributed by atoms with Gasteiger partial charge in [0.2, 0.25) is 0 Å². The first kappa shape index (κ1) is 15.6. The lowest BCUT2D eigenvalue weighted by atomic mass is 10.0. The summed E-state index contributed by atoms with van der Waals surface area (Å²) in [4.78, 5) is 12.2. The average molecular weight is 318 g/mol. The monoisotopic (exact) mass is 318 g/mol. The maximum atomic E-state index is 5.87. The molecule has 1 aliphatic heterocycles. The van der Waals surface area contributed by atoms with Crippen LogP contribution in [0.25, 0.3) is 0 Å². The lowest BCUT2D eigenvalue weighted by Gasteiger charge is -2.19. The smallest absolute Gasteiger partial charge is 0.107 e. The summed E-state index contributed by atoms with van der Waals surface area (Å²) in [5, 5.41) is 4.73. The summed E-state index contributed by atoms with van der Waals surface area (Å²) in [6, 6.07) is 4.36. The Kier molecular flexibility index (Phi) is 5.15. The van der Waals surface area contributed by atoms with E-state index in [1.807, 2.05) is 18.5 Å². The first-order valence-corrected chi connectivity index (χ1v) is 8.37. The highest BCUT2D eigenvalue weighted by atomic mass is 32.1. The third kappa shape index (κ3) is 3.89. The molecule has 0 saturated carbocycles. The lowest BCUT2D eigenvalue weighted by Crippen LogP contribution is -2.31. The van der Waals surface area contributed by atoms with Gasteiger partial charge in [0.15, 0.2) is 0 Å². The van der Waals surface area contributed by atoms with Crippen molar-refractivity contribution in [1.29, 1.82) is 0 Å². The van der Waals surface area contributed by atoms with E-state index in [-0.39, 0.29) is 6.10 Å². The largest absolute Gasteiger partial charge is 0.372 e. The highest BCUT2D eigenvalue weighted by molar-refractivity contribution is 7.11. The molecular formula is C16H22N4OS. The molecule has 0 bridgehead atoms. The minimum absolute atomic E-state index is 0.0925. The van der Waals surface area contributed by atoms with Crippen LogP contribution < -0.4 is 5.32 Å². The van der Waals surface area contributed by atoms with Gasteiger partial charge in [0, 0.05) is 54.8 Å². The molecule has 5 nitrogen and oxygen atoms in total. The maximum absolute atomic E-state index is 5.87. The molecule has 3 rings (SSSR count). The molecule has 1 saturated heterocycles. The van der Waals surface area contributed by atoms with Gasteiger partial charge in [-0.15, -0.1) is 11.3 Å². The van der Waals surface area contributed by atoms with Crippen molar-refractivity contribution in [1.82, 2.24) is 20.2 Å². The second-order valence-electron chi connectivity index (χ2n) is 5.81. The van der Waals surface area contributed by atoms with Gasteiger partial charge in [-0.1, -0.05) is 6.07 Å². The fourth-order valence-corrected chi connectivity index (χ4v) is 3.70. The van der Waals surface area contributed by atoms with Crippen LogP contribution in [0.15, 0.2) is 30.7 Å². The van der Waals surface area contributed by atoms with E-state index >= 15 is 0 Å². The zero-order valence-corrected chi connectivity index (χ0v) is 13.8. The molecule has 22 heavy (non-hydrogen) atoms. The van der Waals surface area contributed by atoms with Gasteiger partial charge in [0.25, 0.3) is 0 Å². The Morgan fingerprint density at radius 3 is 3.09 bits per heavy atom. The van der Waals surface area contributed by atoms with Crippen LogP contribution in [0.1, 0.15) is 28.0 Å². The molecule has 0 aromatic carbocycles. The van der Waals surface area contributed by atoms with E-state index in [0.717, 1.165) is 36.7 Å². The van der Waals surface area contributed by atoms with Crippen molar-refractivity contribution in [3.05, 3.63) is 46.2 Å². The molecule has 0 radical (unpaired) electrons. The Balaban J connectivity index is 1.57. The zero-order chi connectivity index (χ0) is 15.4. The second kappa shape index (κ2) is 7.28. The number of hydrogen-bond donors (Lipinski definition) is 1. The summed E-state index contributed by atoms with van der Waals surface area (Å²) < 4.78 is 5.87. The summed E-state index contributed by atoms with van der Waals surface area (Å²) in [5.41, 5.74) is 1.14. The van der Waals surface area contributed by atoms with Crippen molar-refractivity contribution in [2.24, 2.45) is 0 Å². The van der Waals surface area contributed by atoms with Crippen molar-refractivity contribution < 1.29 is 4.74 Å². The predicted molar refractivity (Wildman–Crippen MR) is 87.7 cm³/mol. The van der Waals surface area contributed by atoms with E-state index in [2.05, 4.69) is 40.3 Å². The fourth-order valence-electron chi connectivity index (χ4n) is 2.70. The van der Waals surface area contributed by atoms with Crippen LogP contribution >= 0.6 is 11.3 Å². The van der Waals surface area contributed by atoms with Crippen molar-refractivity contribution in [3.63, 3.8) is 0 Å². The van der Waals surface area contributed by atoms with Gasteiger partial charge in [0.05, 0.1) is 6.10 Å². The van der Waals surface area contributed by atoms with Crippen LogP contribution in [-0.4, -0.2) is 41.6 Å². The van der Waals surface area contributed by atoms with Crippen molar-refractivity contribution in [3.8, 4) is 0 Å². The van der Waals surface area contributed by atoms with Gasteiger partial charge in [-0.3, -0.25) is 4.98 Å². The van der Waals surface area contributed by atoms with Gasteiger partial charge in [0.1, 0.15) is 5.01 Å². The summed E-state index contributed by atoms with van der Waals surface area (Å²) in [5.74, 6) is 0. The Bertz CT molecular complexity index is 587. The molecule has 0 aliphatic carbocycles. The van der Waals surface area contributed by atoms with E-state index in [4.69, 9.17) is 4.74 Å². The molecule has 0 unspecified atom stereocenters. The van der Waals surface area contributed by atoms with Crippen molar-refractivity contribution >= 4 is 11.3 Å². The van der Waals surface area contributed by atoms with Crippen LogP contribution in [0, 0.1) is 0 Å². The van der Waals surface area contributed by atoms with E-state index in [1.54, 1.807) is 17.5 Å². The topological polar surface area (TPSA) is 50.3 Å². The summed E-state index contributed by atoms with van der Waals surface area (Å²) in [6.45, 7) is 2.53. The number of thiazole rings is 1. The molecule has 0 spiro atoms. The summed E-state index contributed by atoms with van der Waals surface area (Å²) >= 11 is 1.77. The van der Waals surface area contributed by atoms with Gasteiger partial charge >= 0.3 is 0 Å². The van der Waals surface area contributed by atoms with Crippen LogP contribution in [0.2, 0.25) is 0 Å². The maximum Gasteiger partial charge on any atom is 0.107 e. The standard InChI is InChI=1S/C16H22N4OS/c1-20(2)11-13-9-19-15(22-13)10-18-14-5-7-21-16(14)12-4-3-6-17-8-12/h3-4,6,8-9,14,16,18H,5,7,10-11H2,1-2H3/t14-,16+/m0/s1. The lowest BCUT2D eigenvalue weighted by molar-refractivity contribution is 0.0982. The van der Waals surface area contributed by atoms with Crippen LogP contribution in [0.3, 0.4) is 0 Å². The first-order valence-electron chi connectivity index (χ1n) is 7.55. The Morgan fingerprint density at radius 1 is 1.41 bits per heavy atom. The first-order chi connectivity index (χ1) is 10.7. The number of rotatable bonds is 6. The number of hydrogen-bond acceptors (Lipinski definition) is 6. The minimum Gasteiger partial charge on any atom is -0.372 e. The van der Waals surface area contributed by atoms with Crippen LogP contribution in [-0.2, 0) is 17.8 Å². The van der Waals surface area contributed by atoms with Gasteiger partial charge in [-0.25, -0.2) is 4.98 Å². The third-order valence-electron chi connectivity index (χ3n) is 3.69. The highest BCUT2D eigenvalue weighted by Crippen LogP contribution is 2.29. The Labute approximate surface area is 135 Å². The van der Waals surface area contributed by atoms with Crippen molar-refractivity contribution in [2.75, 3.05) is 20.7 Å². The minimum atomic E-state index is 0.0925. The van der Waals surface area contributed by atoms with E-state index in [9.17, 15) is 0 Å². The van der Waals surface area contributed by atoms with Crippen LogP contribution in [0.4, 0.5) is 0 Å². The molecule has 1 N–H and O–H groups in total. The fraction of sp³-hybridized carbons (Fsp3) is 0.500. The van der Waals surface area contributed by atoms with Crippen molar-refractivity contribution in [2.45, 2.75) is 31.7 Å². The van der Waals surface area contributed by atoms with E-state index in [1.165, 1.54) is 4.88 Å². The predicted octanol–water partition coefficient (Wildman–Crippen LogP) is 2.22. The summed E-state index contributed by atoms with van der Waals surface area (Å²) in [7, 11) is 4.15. The molecule has 1 fully saturated rings. The number of nitrogens with one attached hydrogen (secondary N) is 1. The number of nitrogens with zero attached hydrogens (tertiary/aromatic N) is 3. The number of aromatic nitrogens is 2. The molecule has 0 amide bonds. The number of ether oxygens (including phenoxy) is 1. The van der Waals surface area contributed by atoms with Gasteiger partial charge < -0.3 is 15.0 Å². The Morgan fingerprint density at radius 2 is 2.32 bits per heavy atom. The second-order valence-corrected chi connectivity index (χ2v) is 7.01. The quantitative estimate of drug-likeness (QED) is 0.885. The van der Waals surface area contributed by atoms with E-state index < -0.39 is 0 Å². The molecule has 118 valence electrons.